The van der Waals surface area contributed by atoms with Crippen LogP contribution in [-0.4, -0.2) is 32.7 Å². The Kier molecular flexibility index (Phi) is 5.62. The van der Waals surface area contributed by atoms with Gasteiger partial charge in [-0.25, -0.2) is 0 Å². The number of halogens is 1. The van der Waals surface area contributed by atoms with Crippen molar-refractivity contribution in [2.24, 2.45) is 5.41 Å². The quantitative estimate of drug-likeness (QED) is 0.776. The van der Waals surface area contributed by atoms with Gasteiger partial charge in [-0.1, -0.05) is 17.7 Å². The monoisotopic (exact) mass is 310 g/mol. The van der Waals surface area contributed by atoms with Crippen LogP contribution in [0.5, 0.6) is 0 Å². The van der Waals surface area contributed by atoms with Crippen molar-refractivity contribution < 1.29 is 9.53 Å². The van der Waals surface area contributed by atoms with Crippen LogP contribution < -0.4 is 10.6 Å². The van der Waals surface area contributed by atoms with Gasteiger partial charge in [0.1, 0.15) is 0 Å². The highest BCUT2D eigenvalue weighted by molar-refractivity contribution is 6.31. The van der Waals surface area contributed by atoms with Crippen LogP contribution >= 0.6 is 11.6 Å². The molecule has 21 heavy (non-hydrogen) atoms. The van der Waals surface area contributed by atoms with E-state index in [-0.39, 0.29) is 5.91 Å². The zero-order valence-electron chi connectivity index (χ0n) is 12.7. The van der Waals surface area contributed by atoms with Crippen molar-refractivity contribution in [1.29, 1.82) is 0 Å². The molecule has 1 fully saturated rings. The summed E-state index contributed by atoms with van der Waals surface area (Å²) in [7, 11) is 1.73. The van der Waals surface area contributed by atoms with Crippen LogP contribution in [0.2, 0.25) is 5.02 Å². The van der Waals surface area contributed by atoms with Crippen LogP contribution in [0.15, 0.2) is 18.2 Å². The molecule has 4 nitrogen and oxygen atoms in total. The van der Waals surface area contributed by atoms with Gasteiger partial charge in [0, 0.05) is 31.0 Å². The minimum Gasteiger partial charge on any atom is -0.385 e. The number of carbonyl (C=O) groups is 1. The Bertz CT molecular complexity index is 501. The van der Waals surface area contributed by atoms with Crippen molar-refractivity contribution in [3.63, 3.8) is 0 Å². The molecule has 116 valence electrons. The standard InChI is InChI=1S/C16H23ClN2O2/c1-12-3-4-13(17)9-14(12)19-15(20)10-18-11-16(5-6-16)7-8-21-2/h3-4,9,18H,5-8,10-11H2,1-2H3,(H,19,20). The van der Waals surface area contributed by atoms with E-state index < -0.39 is 0 Å². The normalized spacial score (nSPS) is 15.8. The molecule has 0 spiro atoms. The van der Waals surface area contributed by atoms with Crippen molar-refractivity contribution in [1.82, 2.24) is 5.32 Å². The molecule has 2 rings (SSSR count). The fourth-order valence-electron chi connectivity index (χ4n) is 2.37. The van der Waals surface area contributed by atoms with Crippen LogP contribution in [0.3, 0.4) is 0 Å². The van der Waals surface area contributed by atoms with E-state index >= 15 is 0 Å². The Balaban J connectivity index is 1.74. The molecule has 0 radical (unpaired) electrons. The lowest BCUT2D eigenvalue weighted by atomic mass is 10.0. The summed E-state index contributed by atoms with van der Waals surface area (Å²) in [6.45, 7) is 3.93. The molecule has 2 N–H and O–H groups in total. The van der Waals surface area contributed by atoms with Crippen LogP contribution in [-0.2, 0) is 9.53 Å². The Morgan fingerprint density at radius 1 is 1.43 bits per heavy atom. The summed E-state index contributed by atoms with van der Waals surface area (Å²) >= 11 is 5.94. The minimum absolute atomic E-state index is 0.0390. The lowest BCUT2D eigenvalue weighted by molar-refractivity contribution is -0.115. The Hall–Kier alpha value is -1.10. The van der Waals surface area contributed by atoms with E-state index in [1.54, 1.807) is 13.2 Å². The van der Waals surface area contributed by atoms with Gasteiger partial charge in [-0.05, 0) is 49.3 Å². The van der Waals surface area contributed by atoms with Crippen molar-refractivity contribution in [2.45, 2.75) is 26.2 Å². The molecular weight excluding hydrogens is 288 g/mol. The van der Waals surface area contributed by atoms with E-state index in [2.05, 4.69) is 10.6 Å². The smallest absolute Gasteiger partial charge is 0.238 e. The predicted octanol–water partition coefficient (Wildman–Crippen LogP) is 2.99. The molecule has 0 aliphatic heterocycles. The van der Waals surface area contributed by atoms with Crippen LogP contribution in [0, 0.1) is 12.3 Å². The third kappa shape index (κ3) is 4.99. The molecule has 0 aromatic heterocycles. The third-order valence-electron chi connectivity index (χ3n) is 4.05. The van der Waals surface area contributed by atoms with Crippen LogP contribution in [0.25, 0.3) is 0 Å². The summed E-state index contributed by atoms with van der Waals surface area (Å²) in [6.07, 6.45) is 3.50. The number of amides is 1. The molecule has 1 saturated carbocycles. The summed E-state index contributed by atoms with van der Waals surface area (Å²) in [6, 6.07) is 5.49. The van der Waals surface area contributed by atoms with Crippen molar-refractivity contribution >= 4 is 23.2 Å². The van der Waals surface area contributed by atoms with E-state index in [0.29, 0.717) is 17.0 Å². The van der Waals surface area contributed by atoms with Crippen LogP contribution in [0.4, 0.5) is 5.69 Å². The van der Waals surface area contributed by atoms with Gasteiger partial charge < -0.3 is 15.4 Å². The van der Waals surface area contributed by atoms with E-state index in [9.17, 15) is 4.79 Å². The maximum absolute atomic E-state index is 12.0. The molecule has 1 amide bonds. The molecular formula is C16H23ClN2O2. The number of methoxy groups -OCH3 is 1. The van der Waals surface area contributed by atoms with E-state index in [0.717, 1.165) is 30.8 Å². The molecule has 1 aromatic rings. The average Bonchev–Trinajstić information content (AvgIpc) is 3.21. The number of anilines is 1. The summed E-state index contributed by atoms with van der Waals surface area (Å²) in [5, 5.41) is 6.77. The van der Waals surface area contributed by atoms with Gasteiger partial charge in [0.25, 0.3) is 0 Å². The second kappa shape index (κ2) is 7.25. The highest BCUT2D eigenvalue weighted by Crippen LogP contribution is 2.48. The SMILES string of the molecule is COCCC1(CNCC(=O)Nc2cc(Cl)ccc2C)CC1. The van der Waals surface area contributed by atoms with E-state index in [4.69, 9.17) is 16.3 Å². The summed E-state index contributed by atoms with van der Waals surface area (Å²) in [5.74, 6) is -0.0390. The van der Waals surface area contributed by atoms with E-state index in [1.807, 2.05) is 19.1 Å². The number of benzene rings is 1. The third-order valence-corrected chi connectivity index (χ3v) is 4.29. The number of hydrogen-bond donors (Lipinski definition) is 2. The van der Waals surface area contributed by atoms with Gasteiger partial charge in [0.05, 0.1) is 6.54 Å². The van der Waals surface area contributed by atoms with Crippen molar-refractivity contribution in [2.75, 3.05) is 32.1 Å². The topological polar surface area (TPSA) is 50.4 Å². The number of nitrogens with one attached hydrogen (secondary N) is 2. The zero-order chi connectivity index (χ0) is 15.3. The predicted molar refractivity (Wildman–Crippen MR) is 85.8 cm³/mol. The zero-order valence-corrected chi connectivity index (χ0v) is 13.4. The van der Waals surface area contributed by atoms with Crippen molar-refractivity contribution in [3.05, 3.63) is 28.8 Å². The highest BCUT2D eigenvalue weighted by atomic mass is 35.5. The maximum atomic E-state index is 12.0. The van der Waals surface area contributed by atoms with Crippen molar-refractivity contribution in [3.8, 4) is 0 Å². The fourth-order valence-corrected chi connectivity index (χ4v) is 2.55. The average molecular weight is 311 g/mol. The maximum Gasteiger partial charge on any atom is 0.238 e. The Morgan fingerprint density at radius 3 is 2.86 bits per heavy atom. The van der Waals surface area contributed by atoms with Gasteiger partial charge in [0.2, 0.25) is 5.91 Å². The minimum atomic E-state index is -0.0390. The first-order valence-corrected chi connectivity index (χ1v) is 7.68. The summed E-state index contributed by atoms with van der Waals surface area (Å²) < 4.78 is 5.13. The fraction of sp³-hybridized carbons (Fsp3) is 0.562. The summed E-state index contributed by atoms with van der Waals surface area (Å²) in [4.78, 5) is 12.0. The Labute approximate surface area is 131 Å². The number of rotatable bonds is 8. The van der Waals surface area contributed by atoms with Gasteiger partial charge >= 0.3 is 0 Å². The first-order valence-electron chi connectivity index (χ1n) is 7.30. The number of hydrogen-bond acceptors (Lipinski definition) is 3. The number of ether oxygens (including phenoxy) is 1. The highest BCUT2D eigenvalue weighted by Gasteiger charge is 2.41. The molecule has 0 heterocycles. The Morgan fingerprint density at radius 2 is 2.19 bits per heavy atom. The van der Waals surface area contributed by atoms with Gasteiger partial charge in [-0.2, -0.15) is 0 Å². The van der Waals surface area contributed by atoms with Gasteiger partial charge in [0.15, 0.2) is 0 Å². The van der Waals surface area contributed by atoms with Crippen LogP contribution in [0.1, 0.15) is 24.8 Å². The molecule has 1 aliphatic carbocycles. The first kappa shape index (κ1) is 16.3. The lowest BCUT2D eigenvalue weighted by Crippen LogP contribution is -2.33. The number of aryl methyl sites for hydroxylation is 1. The van der Waals surface area contributed by atoms with Gasteiger partial charge in [-0.3, -0.25) is 4.79 Å². The molecule has 1 aromatic carbocycles. The lowest BCUT2D eigenvalue weighted by Gasteiger charge is -2.15. The van der Waals surface area contributed by atoms with Gasteiger partial charge in [-0.15, -0.1) is 0 Å². The molecule has 0 unspecified atom stereocenters. The first-order chi connectivity index (χ1) is 10.0. The molecule has 1 aliphatic rings. The molecule has 5 heteroatoms. The number of carbonyl (C=O) groups excluding carboxylic acids is 1. The van der Waals surface area contributed by atoms with E-state index in [1.165, 1.54) is 12.8 Å². The molecule has 0 saturated heterocycles. The second-order valence-corrected chi connectivity index (χ2v) is 6.29. The second-order valence-electron chi connectivity index (χ2n) is 5.85. The largest absolute Gasteiger partial charge is 0.385 e. The molecule has 0 bridgehead atoms. The summed E-state index contributed by atoms with van der Waals surface area (Å²) in [5.41, 5.74) is 2.13. The molecule has 0 atom stereocenters.